The predicted octanol–water partition coefficient (Wildman–Crippen LogP) is 5.70. The quantitative estimate of drug-likeness (QED) is 0.182. The van der Waals surface area contributed by atoms with E-state index in [1.54, 1.807) is 31.5 Å². The van der Waals surface area contributed by atoms with Crippen LogP contribution in [-0.2, 0) is 17.5 Å². The highest BCUT2D eigenvalue weighted by atomic mass is 19.4. The molecule has 0 radical (unpaired) electrons. The van der Waals surface area contributed by atoms with E-state index in [1.165, 1.54) is 4.68 Å². The lowest BCUT2D eigenvalue weighted by Crippen LogP contribution is -2.44. The first-order valence-corrected chi connectivity index (χ1v) is 14.4. The third kappa shape index (κ3) is 6.37. The Labute approximate surface area is 258 Å². The Hall–Kier alpha value is -5.02. The van der Waals surface area contributed by atoms with Crippen molar-refractivity contribution in [3.05, 3.63) is 66.1 Å². The number of fused-ring (bicyclic) bond motifs is 1. The molecule has 0 atom stereocenters. The maximum Gasteiger partial charge on any atom is 0.417 e. The molecule has 2 fully saturated rings. The molecule has 1 aliphatic carbocycles. The number of halogens is 5. The zero-order valence-electron chi connectivity index (χ0n) is 24.4. The number of nitrogens with zero attached hydrogens (tertiary/aromatic N) is 6. The minimum absolute atomic E-state index is 0.0825. The molecular weight excluding hydrogens is 617 g/mol. The highest BCUT2D eigenvalue weighted by Crippen LogP contribution is 2.35. The first kappa shape index (κ1) is 31.0. The van der Waals surface area contributed by atoms with Crippen molar-refractivity contribution in [3.63, 3.8) is 0 Å². The number of aromatic nitrogens is 4. The summed E-state index contributed by atoms with van der Waals surface area (Å²) in [6.07, 6.45) is 0.738. The zero-order valence-corrected chi connectivity index (χ0v) is 24.4. The molecule has 16 heteroatoms. The minimum atomic E-state index is -4.64. The SMILES string of the molecule is COc1ccc(Cn2nc(OC(F)F)c3cc(NC4CCC(N5C(=O)CN(c6cncc(C(F)(F)F)c6)C5=O)CC4)cnc32)cc1. The zero-order chi connectivity index (χ0) is 32.6. The smallest absolute Gasteiger partial charge is 0.417 e. The summed E-state index contributed by atoms with van der Waals surface area (Å²) in [5.74, 6) is -0.0800. The first-order valence-electron chi connectivity index (χ1n) is 14.4. The Kier molecular flexibility index (Phi) is 8.35. The number of ether oxygens (including phenoxy) is 2. The second-order valence-electron chi connectivity index (χ2n) is 11.0. The van der Waals surface area contributed by atoms with Crippen molar-refractivity contribution in [2.75, 3.05) is 23.9 Å². The normalized spacial score (nSPS) is 18.9. The fourth-order valence-corrected chi connectivity index (χ4v) is 5.82. The molecule has 1 saturated carbocycles. The summed E-state index contributed by atoms with van der Waals surface area (Å²) in [7, 11) is 1.55. The second-order valence-corrected chi connectivity index (χ2v) is 11.0. The Morgan fingerprint density at radius 3 is 2.43 bits per heavy atom. The minimum Gasteiger partial charge on any atom is -0.497 e. The van der Waals surface area contributed by atoms with Crippen LogP contribution in [0.25, 0.3) is 11.0 Å². The topological polar surface area (TPSA) is 115 Å². The number of carbonyl (C=O) groups excluding carboxylic acids is 2. The van der Waals surface area contributed by atoms with Crippen LogP contribution in [0.4, 0.5) is 38.1 Å². The van der Waals surface area contributed by atoms with Gasteiger partial charge in [-0.2, -0.15) is 22.0 Å². The van der Waals surface area contributed by atoms with Crippen molar-refractivity contribution in [3.8, 4) is 11.6 Å². The van der Waals surface area contributed by atoms with Gasteiger partial charge in [-0.3, -0.25) is 19.6 Å². The van der Waals surface area contributed by atoms with Gasteiger partial charge < -0.3 is 14.8 Å². The van der Waals surface area contributed by atoms with Crippen LogP contribution in [0, 0.1) is 0 Å². The molecule has 1 aromatic carbocycles. The monoisotopic (exact) mass is 645 g/mol. The predicted molar refractivity (Wildman–Crippen MR) is 155 cm³/mol. The standard InChI is InChI=1S/C30H28F5N7O4/c1-45-23-8-2-17(3-9-23)15-41-26-24(27(39-41)46-28(31)32)11-20(13-37-26)38-19-4-6-21(7-5-19)42-25(43)16-40(29(42)44)22-10-18(12-36-14-22)30(33,34)35/h2-3,8-14,19,21,28,38H,4-7,15-16H2,1H3. The van der Waals surface area contributed by atoms with Gasteiger partial charge in [0.25, 0.3) is 5.91 Å². The van der Waals surface area contributed by atoms with E-state index in [2.05, 4.69) is 20.4 Å². The summed E-state index contributed by atoms with van der Waals surface area (Å²) in [5, 5.41) is 7.87. The number of urea groups is 1. The lowest BCUT2D eigenvalue weighted by atomic mass is 9.90. The van der Waals surface area contributed by atoms with Crippen LogP contribution in [0.2, 0.25) is 0 Å². The van der Waals surface area contributed by atoms with Gasteiger partial charge in [-0.25, -0.2) is 14.5 Å². The van der Waals surface area contributed by atoms with Crippen LogP contribution < -0.4 is 19.7 Å². The number of hydrogen-bond donors (Lipinski definition) is 1. The number of anilines is 2. The molecule has 0 unspecified atom stereocenters. The highest BCUT2D eigenvalue weighted by molar-refractivity contribution is 6.12. The number of pyridine rings is 2. The molecular formula is C30H28F5N7O4. The average molecular weight is 646 g/mol. The lowest BCUT2D eigenvalue weighted by Gasteiger charge is -2.34. The summed E-state index contributed by atoms with van der Waals surface area (Å²) < 4.78 is 77.3. The van der Waals surface area contributed by atoms with E-state index in [0.717, 1.165) is 27.6 Å². The molecule has 1 saturated heterocycles. The van der Waals surface area contributed by atoms with Gasteiger partial charge in [0, 0.05) is 18.3 Å². The van der Waals surface area contributed by atoms with Crippen molar-refractivity contribution in [1.29, 1.82) is 0 Å². The van der Waals surface area contributed by atoms with Crippen LogP contribution in [0.3, 0.4) is 0 Å². The maximum absolute atomic E-state index is 13.2. The van der Waals surface area contributed by atoms with Crippen LogP contribution in [0.5, 0.6) is 11.6 Å². The van der Waals surface area contributed by atoms with E-state index >= 15 is 0 Å². The van der Waals surface area contributed by atoms with E-state index in [-0.39, 0.29) is 30.7 Å². The van der Waals surface area contributed by atoms with Gasteiger partial charge in [-0.1, -0.05) is 12.1 Å². The van der Waals surface area contributed by atoms with E-state index in [9.17, 15) is 31.5 Å². The molecule has 3 aromatic heterocycles. The van der Waals surface area contributed by atoms with Gasteiger partial charge in [-0.05, 0) is 55.5 Å². The number of hydrogen-bond acceptors (Lipinski definition) is 8. The van der Waals surface area contributed by atoms with Gasteiger partial charge in [-0.15, -0.1) is 5.10 Å². The molecule has 3 amide bonds. The van der Waals surface area contributed by atoms with Crippen LogP contribution in [0.1, 0.15) is 36.8 Å². The molecule has 1 aliphatic heterocycles. The average Bonchev–Trinajstić information content (AvgIpc) is 3.52. The Balaban J connectivity index is 1.12. The molecule has 4 heterocycles. The fourth-order valence-electron chi connectivity index (χ4n) is 5.82. The van der Waals surface area contributed by atoms with E-state index < -0.39 is 36.3 Å². The summed E-state index contributed by atoms with van der Waals surface area (Å²) in [5.41, 5.74) is 0.638. The van der Waals surface area contributed by atoms with E-state index in [1.807, 2.05) is 12.1 Å². The molecule has 1 N–H and O–H groups in total. The van der Waals surface area contributed by atoms with Crippen LogP contribution in [0.15, 0.2) is 55.0 Å². The van der Waals surface area contributed by atoms with Gasteiger partial charge in [0.15, 0.2) is 5.65 Å². The molecule has 11 nitrogen and oxygen atoms in total. The number of benzene rings is 1. The molecule has 6 rings (SSSR count). The summed E-state index contributed by atoms with van der Waals surface area (Å²) in [6, 6.07) is 8.46. The van der Waals surface area contributed by atoms with Gasteiger partial charge >= 0.3 is 18.8 Å². The van der Waals surface area contributed by atoms with Crippen molar-refractivity contribution < 1.29 is 41.0 Å². The molecule has 2 aliphatic rings. The molecule has 0 bridgehead atoms. The Bertz CT molecular complexity index is 1740. The number of imide groups is 1. The molecule has 46 heavy (non-hydrogen) atoms. The van der Waals surface area contributed by atoms with Gasteiger partial charge in [0.2, 0.25) is 5.88 Å². The molecule has 4 aromatic rings. The number of methoxy groups -OCH3 is 1. The number of alkyl halides is 5. The number of carbonyl (C=O) groups is 2. The van der Waals surface area contributed by atoms with Crippen molar-refractivity contribution in [1.82, 2.24) is 24.6 Å². The Morgan fingerprint density at radius 1 is 1.02 bits per heavy atom. The van der Waals surface area contributed by atoms with E-state index in [4.69, 9.17) is 9.47 Å². The van der Waals surface area contributed by atoms with E-state index in [0.29, 0.717) is 54.4 Å². The number of nitrogens with one attached hydrogen (secondary N) is 1. The van der Waals surface area contributed by atoms with Gasteiger partial charge in [0.05, 0.1) is 48.4 Å². The summed E-state index contributed by atoms with van der Waals surface area (Å²) in [6.45, 7) is -3.20. The third-order valence-electron chi connectivity index (χ3n) is 8.04. The Morgan fingerprint density at radius 2 is 1.76 bits per heavy atom. The van der Waals surface area contributed by atoms with Crippen LogP contribution in [-0.4, -0.2) is 68.9 Å². The van der Waals surface area contributed by atoms with Gasteiger partial charge in [0.1, 0.15) is 12.3 Å². The maximum atomic E-state index is 13.2. The van der Waals surface area contributed by atoms with Crippen molar-refractivity contribution >= 4 is 34.3 Å². The number of amides is 3. The summed E-state index contributed by atoms with van der Waals surface area (Å²) in [4.78, 5) is 36.2. The lowest BCUT2D eigenvalue weighted by molar-refractivity contribution is -0.137. The molecule has 0 spiro atoms. The number of rotatable bonds is 9. The second kappa shape index (κ2) is 12.4. The fraction of sp³-hybridized carbons (Fsp3) is 0.367. The summed E-state index contributed by atoms with van der Waals surface area (Å²) >= 11 is 0. The van der Waals surface area contributed by atoms with Crippen molar-refractivity contribution in [2.45, 2.75) is 57.1 Å². The van der Waals surface area contributed by atoms with Crippen molar-refractivity contribution in [2.24, 2.45) is 0 Å². The van der Waals surface area contributed by atoms with Crippen LogP contribution >= 0.6 is 0 Å². The highest BCUT2D eigenvalue weighted by Gasteiger charge is 2.43. The third-order valence-corrected chi connectivity index (χ3v) is 8.04. The molecule has 242 valence electrons. The largest absolute Gasteiger partial charge is 0.497 e. The first-order chi connectivity index (χ1) is 22.0.